The molecule has 0 fully saturated rings. The van der Waals surface area contributed by atoms with Gasteiger partial charge in [0.25, 0.3) is 0 Å². The van der Waals surface area contributed by atoms with E-state index in [2.05, 4.69) is 49.9 Å². The van der Waals surface area contributed by atoms with Crippen LogP contribution in [0.4, 0.5) is 0 Å². The number of aromatic nitrogens is 2. The number of ether oxygens (including phenoxy) is 1. The van der Waals surface area contributed by atoms with E-state index in [0.717, 1.165) is 43.1 Å². The minimum absolute atomic E-state index is 0.00466. The molecule has 2 unspecified atom stereocenters. The predicted molar refractivity (Wildman–Crippen MR) is 83.1 cm³/mol. The Morgan fingerprint density at radius 1 is 1.15 bits per heavy atom. The van der Waals surface area contributed by atoms with E-state index in [1.165, 1.54) is 5.56 Å². The third-order valence-corrected chi connectivity index (χ3v) is 3.66. The third kappa shape index (κ3) is 4.25. The summed E-state index contributed by atoms with van der Waals surface area (Å²) in [5, 5.41) is 3.47. The lowest BCUT2D eigenvalue weighted by molar-refractivity contribution is 0.0922. The highest BCUT2D eigenvalue weighted by atomic mass is 16.5. The first-order chi connectivity index (χ1) is 9.54. The lowest BCUT2D eigenvalue weighted by Crippen LogP contribution is -2.23. The molecule has 1 aromatic rings. The van der Waals surface area contributed by atoms with Crippen LogP contribution in [0.1, 0.15) is 68.4 Å². The minimum atomic E-state index is -0.00466. The van der Waals surface area contributed by atoms with Crippen LogP contribution in [-0.4, -0.2) is 30.2 Å². The van der Waals surface area contributed by atoms with Gasteiger partial charge in [-0.15, -0.1) is 0 Å². The molecule has 0 aliphatic rings. The van der Waals surface area contributed by atoms with E-state index in [4.69, 9.17) is 4.74 Å². The summed E-state index contributed by atoms with van der Waals surface area (Å²) in [7, 11) is 1.72. The first-order valence-electron chi connectivity index (χ1n) is 7.63. The topological polar surface area (TPSA) is 47.0 Å². The second kappa shape index (κ2) is 8.32. The van der Waals surface area contributed by atoms with Gasteiger partial charge in [0, 0.05) is 25.0 Å². The van der Waals surface area contributed by atoms with Crippen molar-refractivity contribution in [3.05, 3.63) is 22.8 Å². The van der Waals surface area contributed by atoms with E-state index in [9.17, 15) is 0 Å². The first-order valence-corrected chi connectivity index (χ1v) is 7.63. The molecule has 20 heavy (non-hydrogen) atoms. The quantitative estimate of drug-likeness (QED) is 0.742. The van der Waals surface area contributed by atoms with Crippen molar-refractivity contribution in [2.75, 3.05) is 20.2 Å². The van der Waals surface area contributed by atoms with Crippen LogP contribution in [-0.2, 0) is 4.74 Å². The Morgan fingerprint density at radius 3 is 2.20 bits per heavy atom. The fraction of sp³-hybridized carbons (Fsp3) is 0.750. The van der Waals surface area contributed by atoms with Crippen LogP contribution in [0.5, 0.6) is 0 Å². The molecular weight excluding hydrogens is 250 g/mol. The van der Waals surface area contributed by atoms with Crippen LogP contribution in [0, 0.1) is 13.8 Å². The maximum Gasteiger partial charge on any atom is 0.157 e. The summed E-state index contributed by atoms with van der Waals surface area (Å²) in [6, 6.07) is 0. The van der Waals surface area contributed by atoms with Crippen LogP contribution in [0.15, 0.2) is 0 Å². The maximum absolute atomic E-state index is 5.44. The molecule has 4 heteroatoms. The Kier molecular flexibility index (Phi) is 7.10. The Morgan fingerprint density at radius 2 is 1.75 bits per heavy atom. The Balaban J connectivity index is 2.93. The fourth-order valence-electron chi connectivity index (χ4n) is 2.66. The predicted octanol–water partition coefficient (Wildman–Crippen LogP) is 3.29. The molecule has 114 valence electrons. The molecule has 1 aromatic heterocycles. The van der Waals surface area contributed by atoms with Gasteiger partial charge in [0.05, 0.1) is 0 Å². The Labute approximate surface area is 123 Å². The Bertz CT molecular complexity index is 393. The fourth-order valence-corrected chi connectivity index (χ4v) is 2.66. The summed E-state index contributed by atoms with van der Waals surface area (Å²) in [4.78, 5) is 9.32. The molecule has 1 N–H and O–H groups in total. The summed E-state index contributed by atoms with van der Waals surface area (Å²) in [6.07, 6.45) is 2.05. The minimum Gasteiger partial charge on any atom is -0.373 e. The zero-order valence-electron chi connectivity index (χ0n) is 13.8. The lowest BCUT2D eigenvalue weighted by Gasteiger charge is -2.20. The lowest BCUT2D eigenvalue weighted by atomic mass is 9.97. The van der Waals surface area contributed by atoms with Gasteiger partial charge in [-0.3, -0.25) is 0 Å². The molecule has 0 radical (unpaired) electrons. The van der Waals surface area contributed by atoms with Gasteiger partial charge in [-0.1, -0.05) is 20.8 Å². The standard InChI is InChI=1S/C16H29N3O/c1-7-9-17-10-11(3)15-12(4)18-16(19-13(15)5)14(8-2)20-6/h11,14,17H,7-10H2,1-6H3. The van der Waals surface area contributed by atoms with Gasteiger partial charge in [-0.2, -0.15) is 0 Å². The average Bonchev–Trinajstić information content (AvgIpc) is 2.39. The monoisotopic (exact) mass is 279 g/mol. The molecule has 1 heterocycles. The second-order valence-corrected chi connectivity index (χ2v) is 5.40. The molecule has 4 nitrogen and oxygen atoms in total. The highest BCUT2D eigenvalue weighted by Gasteiger charge is 2.18. The molecule has 0 aliphatic carbocycles. The molecule has 0 spiro atoms. The van der Waals surface area contributed by atoms with E-state index in [-0.39, 0.29) is 6.10 Å². The summed E-state index contributed by atoms with van der Waals surface area (Å²) >= 11 is 0. The summed E-state index contributed by atoms with van der Waals surface area (Å²) in [6.45, 7) is 12.7. The SMILES string of the molecule is CCCNCC(C)c1c(C)nc(C(CC)OC)nc1C. The summed E-state index contributed by atoms with van der Waals surface area (Å²) in [5.74, 6) is 1.24. The molecular formula is C16H29N3O. The maximum atomic E-state index is 5.44. The number of hydrogen-bond donors (Lipinski definition) is 1. The summed E-state index contributed by atoms with van der Waals surface area (Å²) < 4.78 is 5.44. The van der Waals surface area contributed by atoms with Gasteiger partial charge in [0.1, 0.15) is 6.10 Å². The molecule has 2 atom stereocenters. The number of hydrogen-bond acceptors (Lipinski definition) is 4. The van der Waals surface area contributed by atoms with Crippen molar-refractivity contribution in [3.8, 4) is 0 Å². The molecule has 0 aliphatic heterocycles. The van der Waals surface area contributed by atoms with E-state index < -0.39 is 0 Å². The van der Waals surface area contributed by atoms with Crippen molar-refractivity contribution < 1.29 is 4.74 Å². The molecule has 1 rings (SSSR count). The zero-order valence-corrected chi connectivity index (χ0v) is 13.8. The van der Waals surface area contributed by atoms with E-state index >= 15 is 0 Å². The molecule has 0 saturated carbocycles. The van der Waals surface area contributed by atoms with Crippen molar-refractivity contribution in [3.63, 3.8) is 0 Å². The third-order valence-electron chi connectivity index (χ3n) is 3.66. The Hall–Kier alpha value is -1.00. The van der Waals surface area contributed by atoms with Crippen LogP contribution in [0.3, 0.4) is 0 Å². The second-order valence-electron chi connectivity index (χ2n) is 5.40. The molecule has 0 aromatic carbocycles. The molecule has 0 saturated heterocycles. The van der Waals surface area contributed by atoms with Gasteiger partial charge < -0.3 is 10.1 Å². The van der Waals surface area contributed by atoms with E-state index in [1.807, 2.05) is 0 Å². The highest BCUT2D eigenvalue weighted by Crippen LogP contribution is 2.24. The number of nitrogens with one attached hydrogen (secondary N) is 1. The number of methoxy groups -OCH3 is 1. The van der Waals surface area contributed by atoms with Gasteiger partial charge in [-0.25, -0.2) is 9.97 Å². The summed E-state index contributed by atoms with van der Waals surface area (Å²) in [5.41, 5.74) is 3.42. The van der Waals surface area contributed by atoms with Crippen molar-refractivity contribution in [2.24, 2.45) is 0 Å². The molecule has 0 bridgehead atoms. The van der Waals surface area contributed by atoms with E-state index in [1.54, 1.807) is 7.11 Å². The zero-order chi connectivity index (χ0) is 15.1. The van der Waals surface area contributed by atoms with E-state index in [0.29, 0.717) is 5.92 Å². The van der Waals surface area contributed by atoms with Crippen LogP contribution < -0.4 is 5.32 Å². The smallest absolute Gasteiger partial charge is 0.157 e. The van der Waals surface area contributed by atoms with Crippen molar-refractivity contribution in [1.29, 1.82) is 0 Å². The van der Waals surface area contributed by atoms with Gasteiger partial charge >= 0.3 is 0 Å². The van der Waals surface area contributed by atoms with Crippen LogP contribution in [0.2, 0.25) is 0 Å². The van der Waals surface area contributed by atoms with Gasteiger partial charge in [-0.05, 0) is 44.7 Å². The van der Waals surface area contributed by atoms with Gasteiger partial charge in [0.2, 0.25) is 0 Å². The van der Waals surface area contributed by atoms with Crippen molar-refractivity contribution in [1.82, 2.24) is 15.3 Å². The van der Waals surface area contributed by atoms with Crippen LogP contribution in [0.25, 0.3) is 0 Å². The highest BCUT2D eigenvalue weighted by molar-refractivity contribution is 5.28. The van der Waals surface area contributed by atoms with Crippen molar-refractivity contribution in [2.45, 2.75) is 59.5 Å². The first kappa shape index (κ1) is 17.1. The average molecular weight is 279 g/mol. The normalized spacial score (nSPS) is 14.3. The van der Waals surface area contributed by atoms with Crippen molar-refractivity contribution >= 4 is 0 Å². The largest absolute Gasteiger partial charge is 0.373 e. The van der Waals surface area contributed by atoms with Crippen LogP contribution >= 0.6 is 0 Å². The van der Waals surface area contributed by atoms with Gasteiger partial charge in [0.15, 0.2) is 5.82 Å². The number of aryl methyl sites for hydroxylation is 2. The number of nitrogens with zero attached hydrogens (tertiary/aromatic N) is 2. The molecule has 0 amide bonds. The number of rotatable bonds is 8.